The van der Waals surface area contributed by atoms with Crippen molar-refractivity contribution in [3.05, 3.63) is 66.0 Å². The van der Waals surface area contributed by atoms with Crippen LogP contribution in [0.1, 0.15) is 12.5 Å². The zero-order valence-corrected chi connectivity index (χ0v) is 17.3. The minimum absolute atomic E-state index is 0.0127. The number of hydrogen-bond acceptors (Lipinski definition) is 4. The Labute approximate surface area is 171 Å². The van der Waals surface area contributed by atoms with Gasteiger partial charge in [-0.2, -0.15) is 4.31 Å². The van der Waals surface area contributed by atoms with Gasteiger partial charge < -0.3 is 4.90 Å². The first-order valence-electron chi connectivity index (χ1n) is 9.70. The summed E-state index contributed by atoms with van der Waals surface area (Å²) in [6, 6.07) is 14.8. The van der Waals surface area contributed by atoms with Crippen molar-refractivity contribution >= 4 is 15.9 Å². The summed E-state index contributed by atoms with van der Waals surface area (Å²) < 4.78 is 39.8. The molecule has 6 nitrogen and oxygen atoms in total. The lowest BCUT2D eigenvalue weighted by Gasteiger charge is -2.35. The van der Waals surface area contributed by atoms with E-state index in [4.69, 9.17) is 0 Å². The van der Waals surface area contributed by atoms with Gasteiger partial charge in [-0.1, -0.05) is 37.3 Å². The van der Waals surface area contributed by atoms with Gasteiger partial charge in [-0.05, 0) is 29.8 Å². The summed E-state index contributed by atoms with van der Waals surface area (Å²) in [7, 11) is -3.84. The molecule has 0 aromatic heterocycles. The Kier molecular flexibility index (Phi) is 7.00. The summed E-state index contributed by atoms with van der Waals surface area (Å²) in [5, 5.41) is 0. The SMILES string of the molecule is CCN(CC(=O)N1CCN(Cc2ccccc2)CC1)S(=O)(=O)c1ccc(F)cc1. The maximum atomic E-state index is 13.1. The van der Waals surface area contributed by atoms with Gasteiger partial charge in [-0.3, -0.25) is 9.69 Å². The number of rotatable bonds is 7. The quantitative estimate of drug-likeness (QED) is 0.690. The third-order valence-electron chi connectivity index (χ3n) is 5.09. The highest BCUT2D eigenvalue weighted by Gasteiger charge is 2.28. The molecule has 1 amide bonds. The van der Waals surface area contributed by atoms with Crippen LogP contribution >= 0.6 is 0 Å². The van der Waals surface area contributed by atoms with Crippen LogP contribution in [0.4, 0.5) is 4.39 Å². The van der Waals surface area contributed by atoms with Crippen LogP contribution in [-0.2, 0) is 21.4 Å². The number of hydrogen-bond donors (Lipinski definition) is 0. The molecule has 1 fully saturated rings. The topological polar surface area (TPSA) is 60.9 Å². The number of nitrogens with zero attached hydrogens (tertiary/aromatic N) is 3. The lowest BCUT2D eigenvalue weighted by atomic mass is 10.2. The van der Waals surface area contributed by atoms with E-state index in [9.17, 15) is 17.6 Å². The number of likely N-dealkylation sites (N-methyl/N-ethyl adjacent to an activating group) is 1. The van der Waals surface area contributed by atoms with Gasteiger partial charge in [0.05, 0.1) is 11.4 Å². The second kappa shape index (κ2) is 9.47. The summed E-state index contributed by atoms with van der Waals surface area (Å²) in [6.45, 7) is 5.11. The van der Waals surface area contributed by atoms with Gasteiger partial charge in [-0.25, -0.2) is 12.8 Å². The van der Waals surface area contributed by atoms with Gasteiger partial charge >= 0.3 is 0 Å². The average Bonchev–Trinajstić information content (AvgIpc) is 2.73. The summed E-state index contributed by atoms with van der Waals surface area (Å²) in [6.07, 6.45) is 0. The lowest BCUT2D eigenvalue weighted by molar-refractivity contribution is -0.133. The summed E-state index contributed by atoms with van der Waals surface area (Å²) >= 11 is 0. The highest BCUT2D eigenvalue weighted by Crippen LogP contribution is 2.17. The molecule has 0 spiro atoms. The van der Waals surface area contributed by atoms with Crippen molar-refractivity contribution in [2.45, 2.75) is 18.4 Å². The Morgan fingerprint density at radius 2 is 1.62 bits per heavy atom. The molecular weight excluding hydrogens is 393 g/mol. The molecule has 0 saturated carbocycles. The van der Waals surface area contributed by atoms with Crippen LogP contribution in [0.5, 0.6) is 0 Å². The standard InChI is InChI=1S/C21H26FN3O3S/c1-2-25(29(27,28)20-10-8-19(22)9-11-20)17-21(26)24-14-12-23(13-15-24)16-18-6-4-3-5-7-18/h3-11H,2,12-17H2,1H3. The number of sulfonamides is 1. The number of carbonyl (C=O) groups is 1. The first kappa shape index (κ1) is 21.4. The molecule has 3 rings (SSSR count). The molecular formula is C21H26FN3O3S. The first-order chi connectivity index (χ1) is 13.9. The van der Waals surface area contributed by atoms with E-state index in [1.807, 2.05) is 18.2 Å². The Morgan fingerprint density at radius 3 is 2.21 bits per heavy atom. The van der Waals surface area contributed by atoms with E-state index >= 15 is 0 Å². The van der Waals surface area contributed by atoms with Crippen LogP contribution in [0.25, 0.3) is 0 Å². The van der Waals surface area contributed by atoms with Crippen LogP contribution in [0, 0.1) is 5.82 Å². The molecule has 8 heteroatoms. The molecule has 29 heavy (non-hydrogen) atoms. The lowest BCUT2D eigenvalue weighted by Crippen LogP contribution is -2.51. The summed E-state index contributed by atoms with van der Waals surface area (Å²) in [5.41, 5.74) is 1.23. The Balaban J connectivity index is 1.57. The predicted octanol–water partition coefficient (Wildman–Crippen LogP) is 2.18. The van der Waals surface area contributed by atoms with Gasteiger partial charge in [0.25, 0.3) is 0 Å². The fraction of sp³-hybridized carbons (Fsp3) is 0.381. The normalized spacial score (nSPS) is 15.6. The Bertz CT molecular complexity index is 912. The predicted molar refractivity (Wildman–Crippen MR) is 109 cm³/mol. The first-order valence-corrected chi connectivity index (χ1v) is 11.1. The van der Waals surface area contributed by atoms with Crippen molar-refractivity contribution in [1.29, 1.82) is 0 Å². The van der Waals surface area contributed by atoms with Gasteiger partial charge in [-0.15, -0.1) is 0 Å². The number of halogens is 1. The maximum absolute atomic E-state index is 13.1. The molecule has 0 aliphatic carbocycles. The average molecular weight is 420 g/mol. The van der Waals surface area contributed by atoms with Gasteiger partial charge in [0.1, 0.15) is 5.82 Å². The zero-order chi connectivity index (χ0) is 20.9. The zero-order valence-electron chi connectivity index (χ0n) is 16.5. The van der Waals surface area contributed by atoms with Crippen molar-refractivity contribution in [1.82, 2.24) is 14.1 Å². The molecule has 1 heterocycles. The van der Waals surface area contributed by atoms with Crippen LogP contribution in [-0.4, -0.2) is 67.7 Å². The maximum Gasteiger partial charge on any atom is 0.243 e. The monoisotopic (exact) mass is 419 g/mol. The van der Waals surface area contributed by atoms with Crippen molar-refractivity contribution in [2.24, 2.45) is 0 Å². The molecule has 0 radical (unpaired) electrons. The molecule has 156 valence electrons. The number of carbonyl (C=O) groups excluding carboxylic acids is 1. The van der Waals surface area contributed by atoms with E-state index in [-0.39, 0.29) is 23.9 Å². The Hall–Kier alpha value is -2.29. The van der Waals surface area contributed by atoms with E-state index in [0.29, 0.717) is 13.1 Å². The number of piperazine rings is 1. The van der Waals surface area contributed by atoms with Crippen LogP contribution in [0.2, 0.25) is 0 Å². The highest BCUT2D eigenvalue weighted by molar-refractivity contribution is 7.89. The largest absolute Gasteiger partial charge is 0.339 e. The smallest absolute Gasteiger partial charge is 0.243 e. The molecule has 1 aliphatic rings. The third-order valence-corrected chi connectivity index (χ3v) is 7.02. The molecule has 1 saturated heterocycles. The Morgan fingerprint density at radius 1 is 1.00 bits per heavy atom. The van der Waals surface area contributed by atoms with E-state index in [1.165, 1.54) is 17.7 Å². The highest BCUT2D eigenvalue weighted by atomic mass is 32.2. The van der Waals surface area contributed by atoms with Crippen LogP contribution < -0.4 is 0 Å². The molecule has 0 bridgehead atoms. The molecule has 2 aromatic carbocycles. The van der Waals surface area contributed by atoms with Gasteiger partial charge in [0.2, 0.25) is 15.9 Å². The van der Waals surface area contributed by atoms with E-state index in [0.717, 1.165) is 36.1 Å². The molecule has 0 N–H and O–H groups in total. The third kappa shape index (κ3) is 5.41. The molecule has 2 aromatic rings. The molecule has 0 unspecified atom stereocenters. The van der Waals surface area contributed by atoms with Gasteiger partial charge in [0.15, 0.2) is 0 Å². The van der Waals surface area contributed by atoms with Crippen LogP contribution in [0.3, 0.4) is 0 Å². The second-order valence-corrected chi connectivity index (χ2v) is 8.97. The van der Waals surface area contributed by atoms with E-state index in [2.05, 4.69) is 17.0 Å². The van der Waals surface area contributed by atoms with Crippen LogP contribution in [0.15, 0.2) is 59.5 Å². The van der Waals surface area contributed by atoms with Crippen molar-refractivity contribution in [3.63, 3.8) is 0 Å². The molecule has 0 atom stereocenters. The van der Waals surface area contributed by atoms with E-state index < -0.39 is 15.8 Å². The molecule has 1 aliphatic heterocycles. The minimum atomic E-state index is -3.84. The minimum Gasteiger partial charge on any atom is -0.339 e. The summed E-state index contributed by atoms with van der Waals surface area (Å²) in [4.78, 5) is 16.7. The number of amides is 1. The van der Waals surface area contributed by atoms with Gasteiger partial charge in [0, 0.05) is 39.3 Å². The van der Waals surface area contributed by atoms with Crippen molar-refractivity contribution in [2.75, 3.05) is 39.3 Å². The fourth-order valence-corrected chi connectivity index (χ4v) is 4.77. The van der Waals surface area contributed by atoms with Crippen molar-refractivity contribution in [3.8, 4) is 0 Å². The number of benzene rings is 2. The van der Waals surface area contributed by atoms with E-state index in [1.54, 1.807) is 11.8 Å². The second-order valence-electron chi connectivity index (χ2n) is 7.03. The summed E-state index contributed by atoms with van der Waals surface area (Å²) in [5.74, 6) is -0.714. The van der Waals surface area contributed by atoms with Crippen molar-refractivity contribution < 1.29 is 17.6 Å². The fourth-order valence-electron chi connectivity index (χ4n) is 3.37.